The van der Waals surface area contributed by atoms with Crippen molar-refractivity contribution >= 4 is 27.3 Å². The van der Waals surface area contributed by atoms with E-state index in [1.54, 1.807) is 32.2 Å². The van der Waals surface area contributed by atoms with Crippen LogP contribution >= 0.6 is 11.3 Å². The van der Waals surface area contributed by atoms with Gasteiger partial charge in [0.15, 0.2) is 5.78 Å². The molecule has 0 saturated carbocycles. The van der Waals surface area contributed by atoms with Gasteiger partial charge >= 0.3 is 5.69 Å². The van der Waals surface area contributed by atoms with Crippen LogP contribution in [0.15, 0.2) is 21.0 Å². The summed E-state index contributed by atoms with van der Waals surface area (Å²) in [5.41, 5.74) is -1.46. The summed E-state index contributed by atoms with van der Waals surface area (Å²) in [6.45, 7) is 5.39. The van der Waals surface area contributed by atoms with Crippen molar-refractivity contribution in [3.63, 3.8) is 0 Å². The molecular weight excluding hydrogens is 252 g/mol. The number of Topliss-reactive ketones (excluding diaryl/α,β-unsaturated/α-hetero) is 1. The van der Waals surface area contributed by atoms with E-state index in [0.29, 0.717) is 10.2 Å². The molecule has 0 radical (unpaired) electrons. The van der Waals surface area contributed by atoms with Crippen LogP contribution in [0.4, 0.5) is 0 Å². The van der Waals surface area contributed by atoms with Crippen LogP contribution < -0.4 is 11.2 Å². The maximum absolute atomic E-state index is 12.0. The number of nitrogens with zero attached hydrogens (tertiary/aromatic N) is 1. The molecule has 0 fully saturated rings. The van der Waals surface area contributed by atoms with E-state index in [-0.39, 0.29) is 12.3 Å². The van der Waals surface area contributed by atoms with Crippen LogP contribution in [0.3, 0.4) is 0 Å². The fourth-order valence-corrected chi connectivity index (χ4v) is 2.43. The van der Waals surface area contributed by atoms with E-state index in [1.807, 2.05) is 0 Å². The van der Waals surface area contributed by atoms with Gasteiger partial charge in [-0.1, -0.05) is 20.8 Å². The molecule has 2 aromatic rings. The highest BCUT2D eigenvalue weighted by molar-refractivity contribution is 7.16. The van der Waals surface area contributed by atoms with Crippen molar-refractivity contribution in [2.24, 2.45) is 5.41 Å². The highest BCUT2D eigenvalue weighted by Crippen LogP contribution is 2.19. The summed E-state index contributed by atoms with van der Waals surface area (Å²) in [5, 5.41) is 2.18. The monoisotopic (exact) mass is 266 g/mol. The number of aromatic amines is 1. The molecule has 96 valence electrons. The number of nitrogens with one attached hydrogen (secondary N) is 1. The summed E-state index contributed by atoms with van der Waals surface area (Å²) in [6, 6.07) is 1.65. The quantitative estimate of drug-likeness (QED) is 0.892. The Labute approximate surface area is 107 Å². The Morgan fingerprint density at radius 1 is 1.39 bits per heavy atom. The Morgan fingerprint density at radius 2 is 2.06 bits per heavy atom. The Kier molecular flexibility index (Phi) is 2.98. The second-order valence-electron chi connectivity index (χ2n) is 5.16. The number of carbonyl (C=O) groups excluding carboxylic acids is 1. The van der Waals surface area contributed by atoms with Crippen LogP contribution in [-0.2, 0) is 11.3 Å². The van der Waals surface area contributed by atoms with Gasteiger partial charge in [-0.05, 0) is 11.4 Å². The molecule has 0 spiro atoms. The smallest absolute Gasteiger partial charge is 0.297 e. The molecule has 5 nitrogen and oxygen atoms in total. The molecule has 2 aromatic heterocycles. The lowest BCUT2D eigenvalue weighted by Gasteiger charge is -2.17. The standard InChI is InChI=1S/C12H14N2O3S/c1-12(2,3)8(15)6-14-10-7(4-5-18-10)9(16)13-11(14)17/h4-5H,6H2,1-3H3,(H,13,16,17). The zero-order chi connectivity index (χ0) is 13.5. The average molecular weight is 266 g/mol. The van der Waals surface area contributed by atoms with E-state index >= 15 is 0 Å². The van der Waals surface area contributed by atoms with E-state index in [1.165, 1.54) is 15.9 Å². The van der Waals surface area contributed by atoms with Crippen molar-refractivity contribution in [3.05, 3.63) is 32.3 Å². The minimum absolute atomic E-state index is 0.0177. The summed E-state index contributed by atoms with van der Waals surface area (Å²) in [6.07, 6.45) is 0. The largest absolute Gasteiger partial charge is 0.329 e. The first-order valence-electron chi connectivity index (χ1n) is 5.54. The highest BCUT2D eigenvalue weighted by atomic mass is 32.1. The van der Waals surface area contributed by atoms with Crippen LogP contribution in [0, 0.1) is 5.41 Å². The van der Waals surface area contributed by atoms with Crippen molar-refractivity contribution in [3.8, 4) is 0 Å². The van der Waals surface area contributed by atoms with Gasteiger partial charge in [0, 0.05) is 5.41 Å². The fourth-order valence-electron chi connectivity index (χ4n) is 1.53. The van der Waals surface area contributed by atoms with E-state index in [4.69, 9.17) is 0 Å². The van der Waals surface area contributed by atoms with Gasteiger partial charge in [-0.25, -0.2) is 4.79 Å². The zero-order valence-corrected chi connectivity index (χ0v) is 11.3. The van der Waals surface area contributed by atoms with E-state index in [0.717, 1.165) is 0 Å². The molecule has 1 N–H and O–H groups in total. The van der Waals surface area contributed by atoms with Crippen molar-refractivity contribution in [1.29, 1.82) is 0 Å². The molecule has 2 heterocycles. The first-order chi connectivity index (χ1) is 8.30. The van der Waals surface area contributed by atoms with Crippen molar-refractivity contribution < 1.29 is 4.79 Å². The van der Waals surface area contributed by atoms with Crippen molar-refractivity contribution in [2.75, 3.05) is 0 Å². The van der Waals surface area contributed by atoms with Gasteiger partial charge in [0.25, 0.3) is 5.56 Å². The Hall–Kier alpha value is -1.69. The maximum Gasteiger partial charge on any atom is 0.329 e. The molecule has 0 bridgehead atoms. The first-order valence-corrected chi connectivity index (χ1v) is 6.42. The summed E-state index contributed by atoms with van der Waals surface area (Å²) >= 11 is 1.29. The second kappa shape index (κ2) is 4.20. The second-order valence-corrected chi connectivity index (χ2v) is 6.05. The number of aromatic nitrogens is 2. The van der Waals surface area contributed by atoms with Gasteiger partial charge in [0.1, 0.15) is 4.83 Å². The first kappa shape index (κ1) is 12.8. The molecule has 6 heteroatoms. The van der Waals surface area contributed by atoms with E-state index in [2.05, 4.69) is 4.98 Å². The Morgan fingerprint density at radius 3 is 2.67 bits per heavy atom. The Bertz CT molecular complexity index is 715. The Balaban J connectivity index is 2.59. The molecule has 18 heavy (non-hydrogen) atoms. The van der Waals surface area contributed by atoms with Gasteiger partial charge in [-0.2, -0.15) is 0 Å². The van der Waals surface area contributed by atoms with Gasteiger partial charge in [0.05, 0.1) is 11.9 Å². The van der Waals surface area contributed by atoms with Crippen LogP contribution in [0.25, 0.3) is 10.2 Å². The molecule has 0 aliphatic heterocycles. The minimum Gasteiger partial charge on any atom is -0.297 e. The van der Waals surface area contributed by atoms with Gasteiger partial charge in [0.2, 0.25) is 0 Å². The third kappa shape index (κ3) is 2.15. The predicted octanol–water partition coefficient (Wildman–Crippen LogP) is 1.37. The van der Waals surface area contributed by atoms with E-state index < -0.39 is 16.7 Å². The minimum atomic E-state index is -0.535. The summed E-state index contributed by atoms with van der Waals surface area (Å²) in [4.78, 5) is 38.1. The third-order valence-corrected chi connectivity index (χ3v) is 3.67. The molecule has 2 rings (SSSR count). The third-order valence-electron chi connectivity index (χ3n) is 2.74. The molecular formula is C12H14N2O3S. The number of H-pyrrole nitrogens is 1. The molecule has 0 unspecified atom stereocenters. The maximum atomic E-state index is 12.0. The molecule has 0 aliphatic rings. The molecule has 0 aromatic carbocycles. The van der Waals surface area contributed by atoms with Crippen molar-refractivity contribution in [2.45, 2.75) is 27.3 Å². The van der Waals surface area contributed by atoms with Crippen molar-refractivity contribution in [1.82, 2.24) is 9.55 Å². The molecule has 0 saturated heterocycles. The SMILES string of the molecule is CC(C)(C)C(=O)Cn1c(=O)[nH]c(=O)c2ccsc21. The fraction of sp³-hybridized carbons (Fsp3) is 0.417. The van der Waals surface area contributed by atoms with Gasteiger partial charge < -0.3 is 0 Å². The molecule has 0 amide bonds. The predicted molar refractivity (Wildman–Crippen MR) is 71.2 cm³/mol. The number of hydrogen-bond donors (Lipinski definition) is 1. The average Bonchev–Trinajstić information content (AvgIpc) is 2.71. The summed E-state index contributed by atoms with van der Waals surface area (Å²) < 4.78 is 1.33. The van der Waals surface area contributed by atoms with Crippen LogP contribution in [-0.4, -0.2) is 15.3 Å². The lowest BCUT2D eigenvalue weighted by Crippen LogP contribution is -2.34. The van der Waals surface area contributed by atoms with Crippen LogP contribution in [0.1, 0.15) is 20.8 Å². The van der Waals surface area contributed by atoms with Crippen LogP contribution in [0.5, 0.6) is 0 Å². The van der Waals surface area contributed by atoms with Gasteiger partial charge in [-0.3, -0.25) is 19.1 Å². The number of carbonyl (C=O) groups is 1. The topological polar surface area (TPSA) is 71.9 Å². The summed E-state index contributed by atoms with van der Waals surface area (Å²) in [7, 11) is 0. The summed E-state index contributed by atoms with van der Waals surface area (Å²) in [5.74, 6) is -0.0497. The lowest BCUT2D eigenvalue weighted by molar-refractivity contribution is -0.126. The number of fused-ring (bicyclic) bond motifs is 1. The van der Waals surface area contributed by atoms with E-state index in [9.17, 15) is 14.4 Å². The lowest BCUT2D eigenvalue weighted by atomic mass is 9.91. The normalized spacial score (nSPS) is 11.9. The number of ketones is 1. The van der Waals surface area contributed by atoms with Gasteiger partial charge in [-0.15, -0.1) is 11.3 Å². The number of rotatable bonds is 2. The number of thiophene rings is 1. The van der Waals surface area contributed by atoms with Crippen LogP contribution in [0.2, 0.25) is 0 Å². The highest BCUT2D eigenvalue weighted by Gasteiger charge is 2.23. The molecule has 0 atom stereocenters. The zero-order valence-electron chi connectivity index (χ0n) is 10.4. The molecule has 0 aliphatic carbocycles. The number of hydrogen-bond acceptors (Lipinski definition) is 4.